The van der Waals surface area contributed by atoms with Crippen molar-refractivity contribution < 1.29 is 9.47 Å². The Morgan fingerprint density at radius 1 is 1.50 bits per heavy atom. The summed E-state index contributed by atoms with van der Waals surface area (Å²) in [6.07, 6.45) is 0. The van der Waals surface area contributed by atoms with E-state index in [4.69, 9.17) is 9.47 Å². The average Bonchev–Trinajstić information content (AvgIpc) is 2.65. The molecule has 0 fully saturated rings. The Hall–Kier alpha value is -1.77. The van der Waals surface area contributed by atoms with Gasteiger partial charge in [-0.2, -0.15) is 0 Å². The zero-order chi connectivity index (χ0) is 9.97. The van der Waals surface area contributed by atoms with Crippen molar-refractivity contribution in [2.24, 2.45) is 4.99 Å². The van der Waals surface area contributed by atoms with Gasteiger partial charge < -0.3 is 9.47 Å². The largest absolute Gasteiger partial charge is 0.497 e. The highest BCUT2D eigenvalue weighted by Crippen LogP contribution is 2.17. The molecular weight excluding hydrogens is 178 g/mol. The lowest BCUT2D eigenvalue weighted by molar-refractivity contribution is 0.413. The Morgan fingerprint density at radius 3 is 3.00 bits per heavy atom. The lowest BCUT2D eigenvalue weighted by atomic mass is 10.2. The number of hydrogen-bond donors (Lipinski definition) is 0. The van der Waals surface area contributed by atoms with Gasteiger partial charge in [-0.25, -0.2) is 4.99 Å². The van der Waals surface area contributed by atoms with Gasteiger partial charge in [-0.15, -0.1) is 0 Å². The van der Waals surface area contributed by atoms with E-state index in [9.17, 15) is 0 Å². The molecule has 1 heterocycles. The van der Waals surface area contributed by atoms with E-state index in [1.54, 1.807) is 7.11 Å². The molecule has 0 unspecified atom stereocenters. The minimum Gasteiger partial charge on any atom is -0.497 e. The Labute approximate surface area is 82.7 Å². The fraction of sp³-hybridized carbons (Fsp3) is 0.182. The lowest BCUT2D eigenvalue weighted by Crippen LogP contribution is -1.99. The van der Waals surface area contributed by atoms with E-state index < -0.39 is 0 Å². The van der Waals surface area contributed by atoms with Crippen LogP contribution >= 0.6 is 0 Å². The molecule has 0 radical (unpaired) electrons. The Bertz CT molecular complexity index is 396. The first-order valence-corrected chi connectivity index (χ1v) is 4.34. The lowest BCUT2D eigenvalue weighted by Gasteiger charge is -2.04. The molecule has 3 heteroatoms. The first-order valence-electron chi connectivity index (χ1n) is 4.34. The molecule has 0 spiro atoms. The molecule has 2 rings (SSSR count). The second-order valence-corrected chi connectivity index (χ2v) is 2.99. The van der Waals surface area contributed by atoms with Gasteiger partial charge in [0.1, 0.15) is 18.1 Å². The van der Waals surface area contributed by atoms with Crippen LogP contribution in [-0.2, 0) is 4.74 Å². The Morgan fingerprint density at radius 2 is 2.36 bits per heavy atom. The van der Waals surface area contributed by atoms with Gasteiger partial charge in [0.15, 0.2) is 0 Å². The number of ether oxygens (including phenoxy) is 2. The molecule has 0 bridgehead atoms. The van der Waals surface area contributed by atoms with E-state index in [2.05, 4.69) is 11.6 Å². The van der Waals surface area contributed by atoms with E-state index in [-0.39, 0.29) is 0 Å². The van der Waals surface area contributed by atoms with Crippen molar-refractivity contribution in [3.8, 4) is 5.75 Å². The van der Waals surface area contributed by atoms with Crippen molar-refractivity contribution >= 4 is 5.90 Å². The van der Waals surface area contributed by atoms with Crippen molar-refractivity contribution in [2.45, 2.75) is 0 Å². The smallest absolute Gasteiger partial charge is 0.222 e. The summed E-state index contributed by atoms with van der Waals surface area (Å²) in [5.41, 5.74) is 0.919. The molecule has 1 aromatic rings. The van der Waals surface area contributed by atoms with Crippen LogP contribution in [0.2, 0.25) is 0 Å². The second kappa shape index (κ2) is 3.54. The van der Waals surface area contributed by atoms with E-state index in [1.807, 2.05) is 24.3 Å². The summed E-state index contributed by atoms with van der Waals surface area (Å²) in [6.45, 7) is 4.25. The highest BCUT2D eigenvalue weighted by molar-refractivity contribution is 5.96. The Kier molecular flexibility index (Phi) is 2.23. The predicted octanol–water partition coefficient (Wildman–Crippen LogP) is 1.99. The molecule has 0 saturated heterocycles. The van der Waals surface area contributed by atoms with Crippen molar-refractivity contribution in [1.29, 1.82) is 0 Å². The van der Waals surface area contributed by atoms with Crippen LogP contribution in [0.1, 0.15) is 5.56 Å². The van der Waals surface area contributed by atoms with Crippen LogP contribution < -0.4 is 4.74 Å². The minimum absolute atomic E-state index is 0.548. The van der Waals surface area contributed by atoms with Crippen LogP contribution in [0.25, 0.3) is 0 Å². The highest BCUT2D eigenvalue weighted by atomic mass is 16.5. The standard InChI is InChI=1S/C11H11NO2/c1-8-7-12-11(14-8)9-4-3-5-10(6-9)13-2/h3-6H,1,7H2,2H3. The van der Waals surface area contributed by atoms with E-state index >= 15 is 0 Å². The second-order valence-electron chi connectivity index (χ2n) is 2.99. The van der Waals surface area contributed by atoms with Crippen LogP contribution in [0.4, 0.5) is 0 Å². The van der Waals surface area contributed by atoms with Crippen LogP contribution in [0, 0.1) is 0 Å². The number of benzene rings is 1. The summed E-state index contributed by atoms with van der Waals surface area (Å²) in [6, 6.07) is 7.60. The molecule has 1 aromatic carbocycles. The minimum atomic E-state index is 0.548. The number of hydrogen-bond acceptors (Lipinski definition) is 3. The third kappa shape index (κ3) is 1.62. The first kappa shape index (κ1) is 8.81. The van der Waals surface area contributed by atoms with Crippen molar-refractivity contribution in [3.05, 3.63) is 42.2 Å². The highest BCUT2D eigenvalue weighted by Gasteiger charge is 2.13. The van der Waals surface area contributed by atoms with Crippen LogP contribution in [0.15, 0.2) is 41.6 Å². The maximum Gasteiger partial charge on any atom is 0.222 e. The molecule has 72 valence electrons. The summed E-state index contributed by atoms with van der Waals surface area (Å²) < 4.78 is 10.5. The number of methoxy groups -OCH3 is 1. The zero-order valence-corrected chi connectivity index (χ0v) is 7.99. The number of rotatable bonds is 2. The fourth-order valence-electron chi connectivity index (χ4n) is 1.27. The maximum atomic E-state index is 5.35. The van der Waals surface area contributed by atoms with Gasteiger partial charge in [0.25, 0.3) is 0 Å². The molecule has 14 heavy (non-hydrogen) atoms. The number of aliphatic imine (C=N–C) groups is 1. The van der Waals surface area contributed by atoms with Gasteiger partial charge >= 0.3 is 0 Å². The summed E-state index contributed by atoms with van der Waals surface area (Å²) in [4.78, 5) is 4.20. The van der Waals surface area contributed by atoms with Gasteiger partial charge in [-0.05, 0) is 18.2 Å². The first-order chi connectivity index (χ1) is 6.79. The van der Waals surface area contributed by atoms with E-state index in [1.165, 1.54) is 0 Å². The van der Waals surface area contributed by atoms with Gasteiger partial charge in [-0.3, -0.25) is 0 Å². The van der Waals surface area contributed by atoms with Gasteiger partial charge in [-0.1, -0.05) is 12.6 Å². The Balaban J connectivity index is 2.28. The molecule has 0 N–H and O–H groups in total. The fourth-order valence-corrected chi connectivity index (χ4v) is 1.27. The van der Waals surface area contributed by atoms with Crippen LogP contribution in [0.3, 0.4) is 0 Å². The van der Waals surface area contributed by atoms with E-state index in [0.29, 0.717) is 18.2 Å². The van der Waals surface area contributed by atoms with Gasteiger partial charge in [0, 0.05) is 5.56 Å². The molecule has 0 aromatic heterocycles. The summed E-state index contributed by atoms with van der Waals surface area (Å²) >= 11 is 0. The van der Waals surface area contributed by atoms with Gasteiger partial charge in [0.2, 0.25) is 5.90 Å². The summed E-state index contributed by atoms with van der Waals surface area (Å²) in [7, 11) is 1.63. The van der Waals surface area contributed by atoms with Crippen LogP contribution in [-0.4, -0.2) is 19.6 Å². The van der Waals surface area contributed by atoms with Crippen molar-refractivity contribution in [2.75, 3.05) is 13.7 Å². The van der Waals surface area contributed by atoms with Crippen LogP contribution in [0.5, 0.6) is 5.75 Å². The molecule has 0 saturated carbocycles. The van der Waals surface area contributed by atoms with Crippen molar-refractivity contribution in [3.63, 3.8) is 0 Å². The normalized spacial score (nSPS) is 14.9. The number of nitrogens with zero attached hydrogens (tertiary/aromatic N) is 1. The SMILES string of the molecule is C=C1CN=C(c2cccc(OC)c2)O1. The van der Waals surface area contributed by atoms with Gasteiger partial charge in [0.05, 0.1) is 7.11 Å². The zero-order valence-electron chi connectivity index (χ0n) is 7.99. The molecule has 0 aliphatic carbocycles. The molecule has 3 nitrogen and oxygen atoms in total. The van der Waals surface area contributed by atoms with E-state index in [0.717, 1.165) is 11.3 Å². The molecule has 1 aliphatic rings. The topological polar surface area (TPSA) is 30.8 Å². The molecular formula is C11H11NO2. The predicted molar refractivity (Wildman–Crippen MR) is 54.6 cm³/mol. The third-order valence-electron chi connectivity index (χ3n) is 1.96. The monoisotopic (exact) mass is 189 g/mol. The molecule has 1 aliphatic heterocycles. The maximum absolute atomic E-state index is 5.35. The third-order valence-corrected chi connectivity index (χ3v) is 1.96. The molecule has 0 atom stereocenters. The average molecular weight is 189 g/mol. The summed E-state index contributed by atoms with van der Waals surface area (Å²) in [5, 5.41) is 0. The van der Waals surface area contributed by atoms with Crippen molar-refractivity contribution in [1.82, 2.24) is 0 Å². The quantitative estimate of drug-likeness (QED) is 0.712. The summed E-state index contributed by atoms with van der Waals surface area (Å²) in [5.74, 6) is 2.10. The molecule has 0 amide bonds.